The standard InChI is InChI=1S/C31H46O3/c1-5-6-7-8-9-10-11-23-33-29-19-15-27(16-20-29)28-17-21-30(22-18-28)34-31(32)24-26(4)14-12-13-25(2)3/h15-22,25-26H,5-14,23-24H2,1-4H3/t26-/m0/s1. The highest BCUT2D eigenvalue weighted by molar-refractivity contribution is 5.73. The van der Waals surface area contributed by atoms with Crippen LogP contribution in [0.25, 0.3) is 11.1 Å². The molecular weight excluding hydrogens is 420 g/mol. The van der Waals surface area contributed by atoms with Gasteiger partial charge in [0.1, 0.15) is 11.5 Å². The number of rotatable bonds is 17. The Kier molecular flexibility index (Phi) is 13.4. The SMILES string of the molecule is CCCCCCCCCOc1ccc(-c2ccc(OC(=O)C[C@@H](C)CCCC(C)C)cc2)cc1. The predicted octanol–water partition coefficient (Wildman–Crippen LogP) is 9.24. The summed E-state index contributed by atoms with van der Waals surface area (Å²) in [5.74, 6) is 2.46. The van der Waals surface area contributed by atoms with Crippen molar-refractivity contribution in [2.45, 2.75) is 98.3 Å². The van der Waals surface area contributed by atoms with Gasteiger partial charge in [0.25, 0.3) is 0 Å². The molecule has 0 aliphatic heterocycles. The zero-order chi connectivity index (χ0) is 24.6. The van der Waals surface area contributed by atoms with Gasteiger partial charge in [0.15, 0.2) is 0 Å². The average Bonchev–Trinajstić information content (AvgIpc) is 2.81. The molecule has 0 radical (unpaired) electrons. The summed E-state index contributed by atoms with van der Waals surface area (Å²) in [5, 5.41) is 0. The minimum absolute atomic E-state index is 0.146. The number of hydrogen-bond acceptors (Lipinski definition) is 3. The highest BCUT2D eigenvalue weighted by Gasteiger charge is 2.12. The van der Waals surface area contributed by atoms with Crippen molar-refractivity contribution in [3.05, 3.63) is 48.5 Å². The lowest BCUT2D eigenvalue weighted by molar-refractivity contribution is -0.135. The van der Waals surface area contributed by atoms with Crippen molar-refractivity contribution < 1.29 is 14.3 Å². The maximum Gasteiger partial charge on any atom is 0.311 e. The lowest BCUT2D eigenvalue weighted by Gasteiger charge is -2.12. The molecule has 0 aromatic heterocycles. The second-order valence-electron chi connectivity index (χ2n) is 10.1. The maximum absolute atomic E-state index is 12.3. The van der Waals surface area contributed by atoms with Gasteiger partial charge in [0, 0.05) is 6.42 Å². The van der Waals surface area contributed by atoms with E-state index in [0.717, 1.165) is 42.2 Å². The highest BCUT2D eigenvalue weighted by atomic mass is 16.5. The molecule has 1 atom stereocenters. The zero-order valence-corrected chi connectivity index (χ0v) is 22.0. The first kappa shape index (κ1) is 28.0. The molecule has 0 unspecified atom stereocenters. The molecule has 0 saturated heterocycles. The summed E-state index contributed by atoms with van der Waals surface area (Å²) in [6, 6.07) is 16.0. The number of ether oxygens (including phenoxy) is 2. The molecule has 34 heavy (non-hydrogen) atoms. The van der Waals surface area contributed by atoms with Crippen LogP contribution in [0.5, 0.6) is 11.5 Å². The van der Waals surface area contributed by atoms with E-state index in [0.29, 0.717) is 18.1 Å². The molecule has 0 amide bonds. The van der Waals surface area contributed by atoms with E-state index in [2.05, 4.69) is 39.8 Å². The largest absolute Gasteiger partial charge is 0.494 e. The molecule has 0 aliphatic carbocycles. The molecule has 0 saturated carbocycles. The minimum Gasteiger partial charge on any atom is -0.494 e. The van der Waals surface area contributed by atoms with Gasteiger partial charge in [-0.2, -0.15) is 0 Å². The first-order valence-electron chi connectivity index (χ1n) is 13.5. The van der Waals surface area contributed by atoms with E-state index in [9.17, 15) is 4.79 Å². The van der Waals surface area contributed by atoms with E-state index in [1.807, 2.05) is 36.4 Å². The quantitative estimate of drug-likeness (QED) is 0.132. The van der Waals surface area contributed by atoms with Gasteiger partial charge < -0.3 is 9.47 Å². The van der Waals surface area contributed by atoms with E-state index in [1.54, 1.807) is 0 Å². The van der Waals surface area contributed by atoms with Gasteiger partial charge in [-0.05, 0) is 53.6 Å². The Hall–Kier alpha value is -2.29. The third-order valence-corrected chi connectivity index (χ3v) is 6.28. The fourth-order valence-electron chi connectivity index (χ4n) is 4.14. The summed E-state index contributed by atoms with van der Waals surface area (Å²) in [6.45, 7) is 9.64. The van der Waals surface area contributed by atoms with Crippen LogP contribution in [0.2, 0.25) is 0 Å². The molecule has 188 valence electrons. The van der Waals surface area contributed by atoms with Crippen LogP contribution < -0.4 is 9.47 Å². The lowest BCUT2D eigenvalue weighted by atomic mass is 9.97. The Bertz CT molecular complexity index is 792. The van der Waals surface area contributed by atoms with E-state index >= 15 is 0 Å². The minimum atomic E-state index is -0.146. The molecule has 0 bridgehead atoms. The Morgan fingerprint density at radius 1 is 0.706 bits per heavy atom. The molecule has 3 heteroatoms. The number of hydrogen-bond donors (Lipinski definition) is 0. The van der Waals surface area contributed by atoms with Crippen molar-refractivity contribution in [3.63, 3.8) is 0 Å². The van der Waals surface area contributed by atoms with Crippen molar-refractivity contribution in [2.75, 3.05) is 6.61 Å². The molecule has 3 nitrogen and oxygen atoms in total. The van der Waals surface area contributed by atoms with Gasteiger partial charge in [-0.15, -0.1) is 0 Å². The van der Waals surface area contributed by atoms with Gasteiger partial charge in [-0.25, -0.2) is 0 Å². The third-order valence-electron chi connectivity index (χ3n) is 6.28. The van der Waals surface area contributed by atoms with Crippen molar-refractivity contribution in [1.82, 2.24) is 0 Å². The number of benzene rings is 2. The molecule has 2 aromatic rings. The van der Waals surface area contributed by atoms with Crippen LogP contribution in [0.4, 0.5) is 0 Å². The first-order valence-corrected chi connectivity index (χ1v) is 13.5. The molecule has 2 rings (SSSR count). The van der Waals surface area contributed by atoms with E-state index in [4.69, 9.17) is 9.47 Å². The van der Waals surface area contributed by atoms with Gasteiger partial charge in [0.2, 0.25) is 0 Å². The summed E-state index contributed by atoms with van der Waals surface area (Å²) < 4.78 is 11.5. The van der Waals surface area contributed by atoms with Crippen LogP contribution in [0.3, 0.4) is 0 Å². The van der Waals surface area contributed by atoms with Crippen LogP contribution in [-0.2, 0) is 4.79 Å². The lowest BCUT2D eigenvalue weighted by Crippen LogP contribution is -2.12. The van der Waals surface area contributed by atoms with Crippen LogP contribution in [-0.4, -0.2) is 12.6 Å². The van der Waals surface area contributed by atoms with Gasteiger partial charge in [-0.1, -0.05) is 110 Å². The predicted molar refractivity (Wildman–Crippen MR) is 143 cm³/mol. The van der Waals surface area contributed by atoms with Gasteiger partial charge in [-0.3, -0.25) is 4.79 Å². The number of esters is 1. The molecular formula is C31H46O3. The maximum atomic E-state index is 12.3. The Morgan fingerprint density at radius 3 is 1.85 bits per heavy atom. The third kappa shape index (κ3) is 11.7. The van der Waals surface area contributed by atoms with Crippen LogP contribution >= 0.6 is 0 Å². The monoisotopic (exact) mass is 466 g/mol. The molecule has 2 aromatic carbocycles. The second-order valence-corrected chi connectivity index (χ2v) is 10.1. The second kappa shape index (κ2) is 16.4. The average molecular weight is 467 g/mol. The first-order chi connectivity index (χ1) is 16.5. The molecule has 0 heterocycles. The number of carbonyl (C=O) groups is 1. The Morgan fingerprint density at radius 2 is 1.26 bits per heavy atom. The summed E-state index contributed by atoms with van der Waals surface area (Å²) >= 11 is 0. The van der Waals surface area contributed by atoms with E-state index in [1.165, 1.54) is 51.4 Å². The molecule has 0 N–H and O–H groups in total. The zero-order valence-electron chi connectivity index (χ0n) is 22.0. The molecule has 0 fully saturated rings. The fraction of sp³-hybridized carbons (Fsp3) is 0.581. The van der Waals surface area contributed by atoms with Gasteiger partial charge in [0.05, 0.1) is 6.61 Å². The Balaban J connectivity index is 1.71. The van der Waals surface area contributed by atoms with Crippen LogP contribution in [0.1, 0.15) is 98.3 Å². The topological polar surface area (TPSA) is 35.5 Å². The van der Waals surface area contributed by atoms with Crippen molar-refractivity contribution >= 4 is 5.97 Å². The van der Waals surface area contributed by atoms with Gasteiger partial charge >= 0.3 is 5.97 Å². The van der Waals surface area contributed by atoms with Crippen LogP contribution in [0, 0.1) is 11.8 Å². The highest BCUT2D eigenvalue weighted by Crippen LogP contribution is 2.25. The van der Waals surface area contributed by atoms with Crippen molar-refractivity contribution in [1.29, 1.82) is 0 Å². The summed E-state index contributed by atoms with van der Waals surface area (Å²) in [4.78, 5) is 12.3. The summed E-state index contributed by atoms with van der Waals surface area (Å²) in [6.07, 6.45) is 13.0. The smallest absolute Gasteiger partial charge is 0.311 e. The van der Waals surface area contributed by atoms with E-state index < -0.39 is 0 Å². The normalized spacial score (nSPS) is 12.0. The van der Waals surface area contributed by atoms with Crippen molar-refractivity contribution in [3.8, 4) is 22.6 Å². The summed E-state index contributed by atoms with van der Waals surface area (Å²) in [5.41, 5.74) is 2.22. The number of carbonyl (C=O) groups excluding carboxylic acids is 1. The Labute approximate surface area is 208 Å². The molecule has 0 spiro atoms. The van der Waals surface area contributed by atoms with Crippen LogP contribution in [0.15, 0.2) is 48.5 Å². The number of unbranched alkanes of at least 4 members (excludes halogenated alkanes) is 6. The van der Waals surface area contributed by atoms with Crippen molar-refractivity contribution in [2.24, 2.45) is 11.8 Å². The molecule has 0 aliphatic rings. The summed E-state index contributed by atoms with van der Waals surface area (Å²) in [7, 11) is 0. The fourth-order valence-corrected chi connectivity index (χ4v) is 4.14. The van der Waals surface area contributed by atoms with E-state index in [-0.39, 0.29) is 5.97 Å².